The summed E-state index contributed by atoms with van der Waals surface area (Å²) in [5.74, 6) is 0.0224. The van der Waals surface area contributed by atoms with E-state index in [4.69, 9.17) is 11.6 Å². The van der Waals surface area contributed by atoms with Gasteiger partial charge in [-0.15, -0.1) is 0 Å². The fourth-order valence-corrected chi connectivity index (χ4v) is 1.99. The molecule has 0 amide bonds. The molecule has 0 atom stereocenters. The average Bonchev–Trinajstić information content (AvgIpc) is 2.45. The third-order valence-corrected chi connectivity index (χ3v) is 3.14. The minimum atomic E-state index is -0.603. The van der Waals surface area contributed by atoms with Crippen molar-refractivity contribution in [3.05, 3.63) is 68.0 Å². The van der Waals surface area contributed by atoms with Gasteiger partial charge in [-0.1, -0.05) is 41.9 Å². The van der Waals surface area contributed by atoms with E-state index < -0.39 is 11.2 Å². The number of halogens is 1. The Morgan fingerprint density at radius 3 is 2.60 bits per heavy atom. The molecule has 5 nitrogen and oxygen atoms in total. The number of aryl methyl sites for hydroxylation is 1. The molecule has 0 spiro atoms. The van der Waals surface area contributed by atoms with Crippen LogP contribution in [-0.4, -0.2) is 15.3 Å². The highest BCUT2D eigenvalue weighted by Gasteiger charge is 2.06. The Morgan fingerprint density at radius 2 is 1.90 bits per heavy atom. The van der Waals surface area contributed by atoms with Crippen molar-refractivity contribution in [2.24, 2.45) is 0 Å². The van der Waals surface area contributed by atoms with E-state index in [1.165, 1.54) is 10.8 Å². The lowest BCUT2D eigenvalue weighted by Crippen LogP contribution is -2.29. The predicted octanol–water partition coefficient (Wildman–Crippen LogP) is 1.85. The summed E-state index contributed by atoms with van der Waals surface area (Å²) in [6.07, 6.45) is 2.11. The van der Waals surface area contributed by atoms with E-state index in [-0.39, 0.29) is 10.8 Å². The predicted molar refractivity (Wildman–Crippen MR) is 76.3 cm³/mol. The van der Waals surface area contributed by atoms with Gasteiger partial charge < -0.3 is 0 Å². The lowest BCUT2D eigenvalue weighted by atomic mass is 10.1. The molecule has 1 aromatic carbocycles. The molecule has 0 unspecified atom stereocenters. The lowest BCUT2D eigenvalue weighted by molar-refractivity contribution is 0.0978. The summed E-state index contributed by atoms with van der Waals surface area (Å²) in [5, 5.41) is -0.0426. The summed E-state index contributed by atoms with van der Waals surface area (Å²) in [6.45, 7) is 0.327. The SMILES string of the molecule is O=C(CCCn1cc(Cl)c(=O)[nH]c1=O)c1ccccc1. The standard InChI is InChI=1S/C14H13ClN2O3/c15-11-9-17(14(20)16-13(11)19)8-4-7-12(18)10-5-2-1-3-6-10/h1-3,5-6,9H,4,7-8H2,(H,16,19,20). The Labute approximate surface area is 119 Å². The fraction of sp³-hybridized carbons (Fsp3) is 0.214. The topological polar surface area (TPSA) is 71.9 Å². The van der Waals surface area contributed by atoms with Gasteiger partial charge >= 0.3 is 5.69 Å². The number of hydrogen-bond acceptors (Lipinski definition) is 3. The number of benzene rings is 1. The smallest absolute Gasteiger partial charge is 0.299 e. The van der Waals surface area contributed by atoms with Crippen LogP contribution in [0.4, 0.5) is 0 Å². The Kier molecular flexibility index (Phi) is 4.53. The van der Waals surface area contributed by atoms with Crippen molar-refractivity contribution >= 4 is 17.4 Å². The number of ketones is 1. The van der Waals surface area contributed by atoms with Gasteiger partial charge in [-0.3, -0.25) is 19.1 Å². The molecule has 0 aliphatic heterocycles. The number of aromatic amines is 1. The Morgan fingerprint density at radius 1 is 1.20 bits per heavy atom. The molecule has 0 saturated carbocycles. The number of carbonyl (C=O) groups excluding carboxylic acids is 1. The van der Waals surface area contributed by atoms with Gasteiger partial charge in [-0.2, -0.15) is 0 Å². The molecule has 1 N–H and O–H groups in total. The van der Waals surface area contributed by atoms with E-state index in [2.05, 4.69) is 4.98 Å². The van der Waals surface area contributed by atoms with Crippen molar-refractivity contribution in [2.45, 2.75) is 19.4 Å². The van der Waals surface area contributed by atoms with E-state index >= 15 is 0 Å². The number of aromatic nitrogens is 2. The molecule has 1 heterocycles. The van der Waals surface area contributed by atoms with Crippen molar-refractivity contribution in [3.8, 4) is 0 Å². The van der Waals surface area contributed by atoms with E-state index in [9.17, 15) is 14.4 Å². The van der Waals surface area contributed by atoms with Crippen molar-refractivity contribution in [2.75, 3.05) is 0 Å². The first-order valence-corrected chi connectivity index (χ1v) is 6.53. The first-order valence-electron chi connectivity index (χ1n) is 6.15. The number of rotatable bonds is 5. The summed E-state index contributed by atoms with van der Waals surface area (Å²) >= 11 is 5.65. The largest absolute Gasteiger partial charge is 0.328 e. The van der Waals surface area contributed by atoms with E-state index in [0.29, 0.717) is 24.9 Å². The first kappa shape index (κ1) is 14.3. The normalized spacial score (nSPS) is 10.4. The van der Waals surface area contributed by atoms with E-state index in [0.717, 1.165) is 0 Å². The van der Waals surface area contributed by atoms with Crippen molar-refractivity contribution in [1.82, 2.24) is 9.55 Å². The van der Waals surface area contributed by atoms with E-state index in [1.54, 1.807) is 24.3 Å². The van der Waals surface area contributed by atoms with Gasteiger partial charge in [-0.05, 0) is 6.42 Å². The monoisotopic (exact) mass is 292 g/mol. The quantitative estimate of drug-likeness (QED) is 0.855. The second kappa shape index (κ2) is 6.34. The van der Waals surface area contributed by atoms with Crippen molar-refractivity contribution in [3.63, 3.8) is 0 Å². The average molecular weight is 293 g/mol. The van der Waals surface area contributed by atoms with Gasteiger partial charge in [0.25, 0.3) is 5.56 Å². The van der Waals surface area contributed by atoms with Crippen LogP contribution < -0.4 is 11.2 Å². The maximum absolute atomic E-state index is 11.9. The number of hydrogen-bond donors (Lipinski definition) is 1. The highest BCUT2D eigenvalue weighted by Crippen LogP contribution is 2.06. The Balaban J connectivity index is 1.97. The van der Waals surface area contributed by atoms with Crippen LogP contribution in [0.15, 0.2) is 46.1 Å². The minimum absolute atomic E-state index is 0.0224. The number of nitrogens with one attached hydrogen (secondary N) is 1. The second-order valence-electron chi connectivity index (χ2n) is 4.32. The minimum Gasteiger partial charge on any atom is -0.299 e. The molecule has 104 valence electrons. The third-order valence-electron chi connectivity index (χ3n) is 2.87. The molecule has 0 aliphatic rings. The molecule has 0 saturated heterocycles. The third kappa shape index (κ3) is 3.45. The molecule has 2 rings (SSSR count). The molecule has 2 aromatic rings. The summed E-state index contributed by atoms with van der Waals surface area (Å²) < 4.78 is 1.29. The zero-order valence-corrected chi connectivity index (χ0v) is 11.4. The van der Waals surface area contributed by atoms with Crippen molar-refractivity contribution in [1.29, 1.82) is 0 Å². The molecule has 1 aromatic heterocycles. The van der Waals surface area contributed by atoms with Crippen LogP contribution in [-0.2, 0) is 6.54 Å². The fourth-order valence-electron chi connectivity index (χ4n) is 1.83. The number of nitrogens with zero attached hydrogens (tertiary/aromatic N) is 1. The van der Waals surface area contributed by atoms with Crippen LogP contribution in [0.25, 0.3) is 0 Å². The molecule has 0 aliphatic carbocycles. The van der Waals surface area contributed by atoms with Crippen LogP contribution in [0.3, 0.4) is 0 Å². The molecule has 0 radical (unpaired) electrons. The molecular formula is C14H13ClN2O3. The molecule has 20 heavy (non-hydrogen) atoms. The number of Topliss-reactive ketones (excluding diaryl/α,β-unsaturated/α-hetero) is 1. The van der Waals surface area contributed by atoms with Crippen LogP contribution in [0, 0.1) is 0 Å². The summed E-state index contributed by atoms with van der Waals surface area (Å²) in [4.78, 5) is 36.6. The Hall–Kier alpha value is -2.14. The second-order valence-corrected chi connectivity index (χ2v) is 4.73. The van der Waals surface area contributed by atoms with Crippen LogP contribution in [0.5, 0.6) is 0 Å². The molecule has 0 bridgehead atoms. The highest BCUT2D eigenvalue weighted by atomic mass is 35.5. The van der Waals surface area contributed by atoms with Crippen LogP contribution >= 0.6 is 11.6 Å². The Bertz CT molecular complexity index is 719. The molecule has 6 heteroatoms. The van der Waals surface area contributed by atoms with Gasteiger partial charge in [0, 0.05) is 24.7 Å². The zero-order valence-electron chi connectivity index (χ0n) is 10.6. The van der Waals surface area contributed by atoms with Gasteiger partial charge in [0.15, 0.2) is 5.78 Å². The number of H-pyrrole nitrogens is 1. The van der Waals surface area contributed by atoms with Gasteiger partial charge in [0.2, 0.25) is 0 Å². The lowest BCUT2D eigenvalue weighted by Gasteiger charge is -2.05. The summed E-state index contributed by atoms with van der Waals surface area (Å²) in [5.41, 5.74) is -0.473. The van der Waals surface area contributed by atoms with Crippen LogP contribution in [0.2, 0.25) is 5.02 Å². The van der Waals surface area contributed by atoms with Gasteiger partial charge in [0.1, 0.15) is 5.02 Å². The first-order chi connectivity index (χ1) is 9.58. The van der Waals surface area contributed by atoms with Gasteiger partial charge in [0.05, 0.1) is 0 Å². The van der Waals surface area contributed by atoms with Gasteiger partial charge in [-0.25, -0.2) is 4.79 Å². The maximum atomic E-state index is 11.9. The number of carbonyl (C=O) groups is 1. The highest BCUT2D eigenvalue weighted by molar-refractivity contribution is 6.30. The summed E-state index contributed by atoms with van der Waals surface area (Å²) in [6, 6.07) is 8.97. The van der Waals surface area contributed by atoms with E-state index in [1.807, 2.05) is 6.07 Å². The zero-order chi connectivity index (χ0) is 14.5. The maximum Gasteiger partial charge on any atom is 0.328 e. The van der Waals surface area contributed by atoms with Crippen LogP contribution in [0.1, 0.15) is 23.2 Å². The molecule has 0 fully saturated rings. The van der Waals surface area contributed by atoms with Crippen molar-refractivity contribution < 1.29 is 4.79 Å². The molecular weight excluding hydrogens is 280 g/mol. The summed E-state index contributed by atoms with van der Waals surface area (Å²) in [7, 11) is 0.